The summed E-state index contributed by atoms with van der Waals surface area (Å²) in [4.78, 5) is 42.0. The molecule has 2 amide bonds. The Bertz CT molecular complexity index is 565. The van der Waals surface area contributed by atoms with E-state index in [2.05, 4.69) is 11.6 Å². The number of nitrogens with zero attached hydrogens (tertiary/aromatic N) is 3. The fourth-order valence-corrected chi connectivity index (χ4v) is 2.30. The summed E-state index contributed by atoms with van der Waals surface area (Å²) in [6.07, 6.45) is 6.16. The van der Waals surface area contributed by atoms with Crippen LogP contribution >= 0.6 is 0 Å². The average molecular weight is 286 g/mol. The van der Waals surface area contributed by atoms with Crippen molar-refractivity contribution in [1.82, 2.24) is 9.88 Å². The zero-order valence-corrected chi connectivity index (χ0v) is 11.6. The molecule has 0 unspecified atom stereocenters. The lowest BCUT2D eigenvalue weighted by Crippen LogP contribution is -2.35. The number of likely N-dealkylation sites (tertiary alicyclic amines) is 1. The molecular weight excluding hydrogens is 270 g/mol. The molecule has 0 saturated carbocycles. The van der Waals surface area contributed by atoms with Crippen molar-refractivity contribution in [3.8, 4) is 0 Å². The van der Waals surface area contributed by atoms with E-state index < -0.39 is 5.91 Å². The Morgan fingerprint density at radius 1 is 1.43 bits per heavy atom. The summed E-state index contributed by atoms with van der Waals surface area (Å²) in [7, 11) is 0. The van der Waals surface area contributed by atoms with E-state index >= 15 is 0 Å². The van der Waals surface area contributed by atoms with E-state index in [-0.39, 0.29) is 18.3 Å². The SMILES string of the molecule is C=CC(=O)N(C[C]=O)c1ncccc1C(=O)N1CCCC1. The quantitative estimate of drug-likeness (QED) is 0.755. The molecule has 0 atom stereocenters. The summed E-state index contributed by atoms with van der Waals surface area (Å²) in [5.41, 5.74) is 0.310. The molecule has 0 bridgehead atoms. The van der Waals surface area contributed by atoms with Crippen LogP contribution in [0.15, 0.2) is 31.0 Å². The molecule has 0 N–H and O–H groups in total. The van der Waals surface area contributed by atoms with Crippen LogP contribution in [0.5, 0.6) is 0 Å². The molecule has 21 heavy (non-hydrogen) atoms. The number of carbonyl (C=O) groups is 2. The van der Waals surface area contributed by atoms with Gasteiger partial charge < -0.3 is 4.90 Å². The topological polar surface area (TPSA) is 70.6 Å². The Morgan fingerprint density at radius 3 is 2.76 bits per heavy atom. The van der Waals surface area contributed by atoms with Crippen molar-refractivity contribution in [3.05, 3.63) is 36.5 Å². The summed E-state index contributed by atoms with van der Waals surface area (Å²) < 4.78 is 0. The number of hydrogen-bond acceptors (Lipinski definition) is 4. The number of amides is 2. The van der Waals surface area contributed by atoms with Crippen LogP contribution in [0.1, 0.15) is 23.2 Å². The van der Waals surface area contributed by atoms with Crippen molar-refractivity contribution >= 4 is 23.9 Å². The van der Waals surface area contributed by atoms with Crippen LogP contribution in [-0.2, 0) is 9.59 Å². The third kappa shape index (κ3) is 3.16. The van der Waals surface area contributed by atoms with Gasteiger partial charge in [-0.3, -0.25) is 19.3 Å². The summed E-state index contributed by atoms with van der Waals surface area (Å²) in [5.74, 6) is -0.501. The molecule has 1 aromatic rings. The molecule has 2 rings (SSSR count). The minimum absolute atomic E-state index is 0.169. The predicted octanol–water partition coefficient (Wildman–Crippen LogP) is 0.946. The molecule has 1 aromatic heterocycles. The van der Waals surface area contributed by atoms with Crippen LogP contribution in [0, 0.1) is 0 Å². The summed E-state index contributed by atoms with van der Waals surface area (Å²) in [5, 5.41) is 0. The largest absolute Gasteiger partial charge is 0.339 e. The predicted molar refractivity (Wildman–Crippen MR) is 77.6 cm³/mol. The first-order valence-corrected chi connectivity index (χ1v) is 6.72. The highest BCUT2D eigenvalue weighted by atomic mass is 16.2. The molecule has 0 aliphatic carbocycles. The van der Waals surface area contributed by atoms with Crippen LogP contribution in [0.25, 0.3) is 0 Å². The zero-order chi connectivity index (χ0) is 15.2. The van der Waals surface area contributed by atoms with Crippen LogP contribution in [-0.4, -0.2) is 47.6 Å². The van der Waals surface area contributed by atoms with Gasteiger partial charge in [0.05, 0.1) is 12.1 Å². The molecule has 0 spiro atoms. The highest BCUT2D eigenvalue weighted by molar-refractivity contribution is 6.07. The lowest BCUT2D eigenvalue weighted by molar-refractivity contribution is -0.114. The molecule has 1 radical (unpaired) electrons. The second kappa shape index (κ2) is 6.78. The van der Waals surface area contributed by atoms with Gasteiger partial charge in [-0.15, -0.1) is 0 Å². The highest BCUT2D eigenvalue weighted by Gasteiger charge is 2.26. The van der Waals surface area contributed by atoms with E-state index in [9.17, 15) is 14.4 Å². The molecule has 6 nitrogen and oxygen atoms in total. The standard InChI is InChI=1S/C15H16N3O3/c1-2-13(20)18(10-11-19)14-12(6-5-7-16-14)15(21)17-8-3-4-9-17/h2,5-7H,1,3-4,8-10H2. The van der Waals surface area contributed by atoms with Crippen LogP contribution in [0.4, 0.5) is 5.82 Å². The maximum atomic E-state index is 12.5. The lowest BCUT2D eigenvalue weighted by atomic mass is 10.2. The second-order valence-electron chi connectivity index (χ2n) is 4.65. The van der Waals surface area contributed by atoms with Crippen LogP contribution < -0.4 is 4.90 Å². The second-order valence-corrected chi connectivity index (χ2v) is 4.65. The molecule has 6 heteroatoms. The first-order chi connectivity index (χ1) is 10.2. The summed E-state index contributed by atoms with van der Waals surface area (Å²) >= 11 is 0. The van der Waals surface area contributed by atoms with Gasteiger partial charge in [0.2, 0.25) is 6.29 Å². The Kier molecular flexibility index (Phi) is 4.81. The Hall–Kier alpha value is -2.50. The van der Waals surface area contributed by atoms with Crippen molar-refractivity contribution in [2.45, 2.75) is 12.8 Å². The van der Waals surface area contributed by atoms with Gasteiger partial charge in [0, 0.05) is 19.3 Å². The fourth-order valence-electron chi connectivity index (χ4n) is 2.30. The molecule has 1 saturated heterocycles. The minimum atomic E-state index is -0.493. The van der Waals surface area contributed by atoms with Crippen molar-refractivity contribution in [1.29, 1.82) is 0 Å². The Balaban J connectivity index is 2.38. The first-order valence-electron chi connectivity index (χ1n) is 6.72. The van der Waals surface area contributed by atoms with E-state index in [4.69, 9.17) is 0 Å². The highest BCUT2D eigenvalue weighted by Crippen LogP contribution is 2.21. The number of carbonyl (C=O) groups excluding carboxylic acids is 3. The van der Waals surface area contributed by atoms with Crippen molar-refractivity contribution in [2.24, 2.45) is 0 Å². The van der Waals surface area contributed by atoms with Gasteiger partial charge >= 0.3 is 0 Å². The van der Waals surface area contributed by atoms with Gasteiger partial charge in [-0.05, 0) is 31.1 Å². The Labute approximate surface area is 123 Å². The number of aromatic nitrogens is 1. The average Bonchev–Trinajstić information content (AvgIpc) is 3.05. The minimum Gasteiger partial charge on any atom is -0.339 e. The molecule has 0 aromatic carbocycles. The van der Waals surface area contributed by atoms with E-state index in [1.807, 2.05) is 0 Å². The molecule has 1 aliphatic heterocycles. The van der Waals surface area contributed by atoms with Crippen molar-refractivity contribution in [3.63, 3.8) is 0 Å². The van der Waals surface area contributed by atoms with Gasteiger partial charge in [0.25, 0.3) is 11.8 Å². The fraction of sp³-hybridized carbons (Fsp3) is 0.333. The number of anilines is 1. The van der Waals surface area contributed by atoms with Gasteiger partial charge in [-0.2, -0.15) is 0 Å². The van der Waals surface area contributed by atoms with E-state index in [0.717, 1.165) is 23.8 Å². The third-order valence-electron chi connectivity index (χ3n) is 3.33. The zero-order valence-electron chi connectivity index (χ0n) is 11.6. The van der Waals surface area contributed by atoms with Gasteiger partial charge in [-0.1, -0.05) is 6.58 Å². The molecule has 1 fully saturated rings. The third-order valence-corrected chi connectivity index (χ3v) is 3.33. The first kappa shape index (κ1) is 14.9. The molecule has 109 valence electrons. The monoisotopic (exact) mass is 286 g/mol. The molecular formula is C15H16N3O3. The smallest absolute Gasteiger partial charge is 0.257 e. The van der Waals surface area contributed by atoms with E-state index in [1.54, 1.807) is 23.3 Å². The van der Waals surface area contributed by atoms with Crippen LogP contribution in [0.3, 0.4) is 0 Å². The van der Waals surface area contributed by atoms with Gasteiger partial charge in [0.1, 0.15) is 5.82 Å². The number of hydrogen-bond donors (Lipinski definition) is 0. The lowest BCUT2D eigenvalue weighted by Gasteiger charge is -2.22. The maximum Gasteiger partial charge on any atom is 0.257 e. The van der Waals surface area contributed by atoms with Crippen LogP contribution in [0.2, 0.25) is 0 Å². The molecule has 1 aliphatic rings. The van der Waals surface area contributed by atoms with Crippen molar-refractivity contribution < 1.29 is 14.4 Å². The number of rotatable bonds is 5. The van der Waals surface area contributed by atoms with E-state index in [0.29, 0.717) is 18.7 Å². The van der Waals surface area contributed by atoms with E-state index in [1.165, 1.54) is 6.20 Å². The Morgan fingerprint density at radius 2 is 2.14 bits per heavy atom. The normalized spacial score (nSPS) is 13.8. The summed E-state index contributed by atoms with van der Waals surface area (Å²) in [6, 6.07) is 3.24. The maximum absolute atomic E-state index is 12.5. The van der Waals surface area contributed by atoms with Crippen molar-refractivity contribution in [2.75, 3.05) is 24.5 Å². The number of pyridine rings is 1. The van der Waals surface area contributed by atoms with Gasteiger partial charge in [0.15, 0.2) is 0 Å². The van der Waals surface area contributed by atoms with Gasteiger partial charge in [-0.25, -0.2) is 4.98 Å². The summed E-state index contributed by atoms with van der Waals surface area (Å²) in [6.45, 7) is 4.50. The molecule has 2 heterocycles.